The molecule has 1 aliphatic heterocycles. The first-order valence-electron chi connectivity index (χ1n) is 8.50. The minimum Gasteiger partial charge on any atom is -0.497 e. The van der Waals surface area contributed by atoms with Crippen LogP contribution in [0.5, 0.6) is 5.75 Å². The Balaban J connectivity index is 1.71. The number of hydrogen-bond acceptors (Lipinski definition) is 5. The highest BCUT2D eigenvalue weighted by molar-refractivity contribution is 7.91. The van der Waals surface area contributed by atoms with E-state index in [1.54, 1.807) is 48.9 Å². The summed E-state index contributed by atoms with van der Waals surface area (Å²) in [7, 11) is -1.98. The lowest BCUT2D eigenvalue weighted by atomic mass is 10.0. The van der Waals surface area contributed by atoms with E-state index in [1.807, 2.05) is 0 Å². The SMILES string of the molecule is COc1cccc(NC(=O)CC2CCCCN2S(=O)(=O)c2cccs2)c1. The van der Waals surface area contributed by atoms with Crippen LogP contribution in [0.4, 0.5) is 5.69 Å². The third-order valence-electron chi connectivity index (χ3n) is 4.41. The van der Waals surface area contributed by atoms with Gasteiger partial charge >= 0.3 is 0 Å². The van der Waals surface area contributed by atoms with Crippen LogP contribution in [0, 0.1) is 0 Å². The van der Waals surface area contributed by atoms with Crippen LogP contribution < -0.4 is 10.1 Å². The second kappa shape index (κ2) is 8.20. The molecule has 6 nitrogen and oxygen atoms in total. The van der Waals surface area contributed by atoms with Crippen LogP contribution in [0.15, 0.2) is 46.0 Å². The quantitative estimate of drug-likeness (QED) is 0.815. The predicted octanol–water partition coefficient (Wildman–Crippen LogP) is 3.33. The van der Waals surface area contributed by atoms with Crippen molar-refractivity contribution < 1.29 is 17.9 Å². The first kappa shape index (κ1) is 18.9. The van der Waals surface area contributed by atoms with E-state index in [2.05, 4.69) is 5.32 Å². The monoisotopic (exact) mass is 394 g/mol. The Bertz CT molecular complexity index is 850. The number of nitrogens with one attached hydrogen (secondary N) is 1. The molecule has 1 fully saturated rings. The van der Waals surface area contributed by atoms with Gasteiger partial charge in [0.05, 0.1) is 7.11 Å². The molecule has 140 valence electrons. The summed E-state index contributed by atoms with van der Waals surface area (Å²) < 4.78 is 32.7. The van der Waals surface area contributed by atoms with Crippen molar-refractivity contribution >= 4 is 33.0 Å². The largest absolute Gasteiger partial charge is 0.497 e. The van der Waals surface area contributed by atoms with Crippen molar-refractivity contribution in [3.8, 4) is 5.75 Å². The summed E-state index contributed by atoms with van der Waals surface area (Å²) in [5.74, 6) is 0.457. The number of anilines is 1. The van der Waals surface area contributed by atoms with Gasteiger partial charge in [0, 0.05) is 30.8 Å². The van der Waals surface area contributed by atoms with Crippen molar-refractivity contribution in [1.29, 1.82) is 0 Å². The van der Waals surface area contributed by atoms with Crippen LogP contribution in [0.3, 0.4) is 0 Å². The molecule has 1 aliphatic rings. The molecule has 1 saturated heterocycles. The molecule has 0 bridgehead atoms. The average Bonchev–Trinajstić information content (AvgIpc) is 3.17. The summed E-state index contributed by atoms with van der Waals surface area (Å²) in [5, 5.41) is 4.58. The zero-order chi connectivity index (χ0) is 18.6. The van der Waals surface area contributed by atoms with Gasteiger partial charge in [-0.05, 0) is 36.4 Å². The zero-order valence-electron chi connectivity index (χ0n) is 14.6. The highest BCUT2D eigenvalue weighted by atomic mass is 32.2. The number of nitrogens with zero attached hydrogens (tertiary/aromatic N) is 1. The molecular formula is C18H22N2O4S2. The number of amides is 1. The minimum absolute atomic E-state index is 0.141. The number of rotatable bonds is 6. The number of sulfonamides is 1. The van der Waals surface area contributed by atoms with E-state index >= 15 is 0 Å². The van der Waals surface area contributed by atoms with E-state index in [0.29, 0.717) is 28.6 Å². The Labute approximate surface area is 157 Å². The number of benzene rings is 1. The van der Waals surface area contributed by atoms with Gasteiger partial charge in [0.25, 0.3) is 10.0 Å². The topological polar surface area (TPSA) is 75.7 Å². The molecule has 8 heteroatoms. The highest BCUT2D eigenvalue weighted by Crippen LogP contribution is 2.29. The van der Waals surface area contributed by atoms with E-state index in [0.717, 1.165) is 12.8 Å². The maximum absolute atomic E-state index is 12.9. The lowest BCUT2D eigenvalue weighted by molar-refractivity contribution is -0.117. The smallest absolute Gasteiger partial charge is 0.252 e. The van der Waals surface area contributed by atoms with Gasteiger partial charge in [-0.1, -0.05) is 18.6 Å². The summed E-state index contributed by atoms with van der Waals surface area (Å²) in [5.41, 5.74) is 0.637. The first-order valence-corrected chi connectivity index (χ1v) is 10.8. The molecule has 1 N–H and O–H groups in total. The Morgan fingerprint density at radius 2 is 2.15 bits per heavy atom. The van der Waals surface area contributed by atoms with Crippen molar-refractivity contribution in [2.24, 2.45) is 0 Å². The van der Waals surface area contributed by atoms with Crippen molar-refractivity contribution in [3.63, 3.8) is 0 Å². The molecule has 0 aliphatic carbocycles. The van der Waals surface area contributed by atoms with Crippen LogP contribution in [0.2, 0.25) is 0 Å². The van der Waals surface area contributed by atoms with Crippen LogP contribution >= 0.6 is 11.3 Å². The van der Waals surface area contributed by atoms with Gasteiger partial charge in [-0.2, -0.15) is 4.31 Å². The molecule has 1 aromatic carbocycles. The first-order chi connectivity index (χ1) is 12.5. The fourth-order valence-electron chi connectivity index (χ4n) is 3.15. The van der Waals surface area contributed by atoms with Crippen molar-refractivity contribution in [2.45, 2.75) is 35.9 Å². The van der Waals surface area contributed by atoms with Crippen LogP contribution in [0.25, 0.3) is 0 Å². The third-order valence-corrected chi connectivity index (χ3v) is 7.73. The number of ether oxygens (including phenoxy) is 1. The van der Waals surface area contributed by atoms with Gasteiger partial charge < -0.3 is 10.1 Å². The summed E-state index contributed by atoms with van der Waals surface area (Å²) in [6.45, 7) is 0.456. The van der Waals surface area contributed by atoms with E-state index in [4.69, 9.17) is 4.74 Å². The van der Waals surface area contributed by atoms with E-state index in [9.17, 15) is 13.2 Å². The summed E-state index contributed by atoms with van der Waals surface area (Å²) in [6.07, 6.45) is 2.57. The lowest BCUT2D eigenvalue weighted by Gasteiger charge is -2.34. The molecule has 26 heavy (non-hydrogen) atoms. The maximum Gasteiger partial charge on any atom is 0.252 e. The molecule has 0 spiro atoms. The third kappa shape index (κ3) is 4.25. The van der Waals surface area contributed by atoms with Crippen LogP contribution in [-0.4, -0.2) is 38.3 Å². The average molecular weight is 395 g/mol. The molecule has 1 amide bonds. The normalized spacial score (nSPS) is 18.4. The van der Waals surface area contributed by atoms with Crippen molar-refractivity contribution in [1.82, 2.24) is 4.31 Å². The lowest BCUT2D eigenvalue weighted by Crippen LogP contribution is -2.45. The van der Waals surface area contributed by atoms with Gasteiger partial charge in [0.2, 0.25) is 5.91 Å². The summed E-state index contributed by atoms with van der Waals surface area (Å²) >= 11 is 1.21. The molecular weight excluding hydrogens is 372 g/mol. The number of methoxy groups -OCH3 is 1. The molecule has 0 saturated carbocycles. The molecule has 1 atom stereocenters. The number of piperidine rings is 1. The van der Waals surface area contributed by atoms with Gasteiger partial charge in [0.1, 0.15) is 9.96 Å². The molecule has 3 rings (SSSR count). The predicted molar refractivity (Wildman–Crippen MR) is 102 cm³/mol. The molecule has 0 radical (unpaired) electrons. The van der Waals surface area contributed by atoms with Gasteiger partial charge in [-0.25, -0.2) is 8.42 Å². The number of carbonyl (C=O) groups excluding carboxylic acids is 1. The van der Waals surface area contributed by atoms with E-state index in [-0.39, 0.29) is 18.4 Å². The highest BCUT2D eigenvalue weighted by Gasteiger charge is 2.35. The Morgan fingerprint density at radius 1 is 1.31 bits per heavy atom. The number of carbonyl (C=O) groups is 1. The van der Waals surface area contributed by atoms with Gasteiger partial charge in [0.15, 0.2) is 0 Å². The molecule has 1 unspecified atom stereocenters. The second-order valence-corrected chi connectivity index (χ2v) is 9.25. The van der Waals surface area contributed by atoms with E-state index < -0.39 is 10.0 Å². The van der Waals surface area contributed by atoms with Crippen LogP contribution in [-0.2, 0) is 14.8 Å². The van der Waals surface area contributed by atoms with Gasteiger partial charge in [-0.15, -0.1) is 11.3 Å². The minimum atomic E-state index is -3.55. The Hall–Kier alpha value is -1.90. The van der Waals surface area contributed by atoms with E-state index in [1.165, 1.54) is 15.6 Å². The molecule has 2 heterocycles. The Morgan fingerprint density at radius 3 is 2.88 bits per heavy atom. The second-order valence-electron chi connectivity index (χ2n) is 6.18. The van der Waals surface area contributed by atoms with Crippen molar-refractivity contribution in [3.05, 3.63) is 41.8 Å². The maximum atomic E-state index is 12.9. The molecule has 2 aromatic rings. The summed E-state index contributed by atoms with van der Waals surface area (Å²) in [4.78, 5) is 12.5. The van der Waals surface area contributed by atoms with Crippen LogP contribution in [0.1, 0.15) is 25.7 Å². The zero-order valence-corrected chi connectivity index (χ0v) is 16.2. The standard InChI is InChI=1S/C18H22N2O4S2/c1-24-16-8-4-6-14(12-16)19-17(21)13-15-7-2-3-10-20(15)26(22,23)18-9-5-11-25-18/h4-6,8-9,11-12,15H,2-3,7,10,13H2,1H3,(H,19,21). The fourth-order valence-corrected chi connectivity index (χ4v) is 5.96. The van der Waals surface area contributed by atoms with Crippen molar-refractivity contribution in [2.75, 3.05) is 19.0 Å². The summed E-state index contributed by atoms with van der Waals surface area (Å²) in [6, 6.07) is 10.1. The fraction of sp³-hybridized carbons (Fsp3) is 0.389. The Kier molecular flexibility index (Phi) is 5.95. The number of thiophene rings is 1. The molecule has 1 aromatic heterocycles. The van der Waals surface area contributed by atoms with Gasteiger partial charge in [-0.3, -0.25) is 4.79 Å². The number of hydrogen-bond donors (Lipinski definition) is 1.